The smallest absolute Gasteiger partial charge is 0.227 e. The van der Waals surface area contributed by atoms with Gasteiger partial charge < -0.3 is 10.2 Å². The van der Waals surface area contributed by atoms with Gasteiger partial charge in [-0.15, -0.1) is 0 Å². The molecule has 1 aromatic rings. The fourth-order valence-electron chi connectivity index (χ4n) is 1.71. The summed E-state index contributed by atoms with van der Waals surface area (Å²) in [6.45, 7) is 3.43. The Kier molecular flexibility index (Phi) is 4.11. The quantitative estimate of drug-likeness (QED) is 0.640. The maximum Gasteiger partial charge on any atom is 0.227 e. The molecule has 16 heavy (non-hydrogen) atoms. The molecule has 0 saturated carbocycles. The van der Waals surface area contributed by atoms with Crippen LogP contribution < -0.4 is 5.32 Å². The Balaban J connectivity index is 1.93. The number of aromatic nitrogens is 1. The van der Waals surface area contributed by atoms with Crippen molar-refractivity contribution in [3.05, 3.63) is 27.6 Å². The van der Waals surface area contributed by atoms with Crippen molar-refractivity contribution in [1.29, 1.82) is 0 Å². The van der Waals surface area contributed by atoms with Gasteiger partial charge in [0.1, 0.15) is 3.70 Å². The molecule has 0 atom stereocenters. The van der Waals surface area contributed by atoms with Crippen LogP contribution >= 0.6 is 22.6 Å². The summed E-state index contributed by atoms with van der Waals surface area (Å²) >= 11 is 2.16. The van der Waals surface area contributed by atoms with E-state index >= 15 is 0 Å². The van der Waals surface area contributed by atoms with Crippen LogP contribution in [-0.2, 0) is 11.2 Å². The molecule has 2 heterocycles. The minimum absolute atomic E-state index is 0.199. The van der Waals surface area contributed by atoms with E-state index in [1.165, 1.54) is 0 Å². The molecule has 0 aliphatic carbocycles. The van der Waals surface area contributed by atoms with Gasteiger partial charge >= 0.3 is 0 Å². The Hall–Kier alpha value is -0.690. The van der Waals surface area contributed by atoms with Crippen LogP contribution in [0.5, 0.6) is 0 Å². The van der Waals surface area contributed by atoms with Crippen molar-refractivity contribution in [3.63, 3.8) is 0 Å². The molecule has 0 spiro atoms. The average molecular weight is 331 g/mol. The molecule has 1 amide bonds. The lowest BCUT2D eigenvalue weighted by atomic mass is 10.2. The minimum Gasteiger partial charge on any atom is -0.340 e. The van der Waals surface area contributed by atoms with Crippen LogP contribution in [0.15, 0.2) is 18.3 Å². The SMILES string of the molecule is O=C(Cc1ccc(I)nc1)N1CCNCC1. The van der Waals surface area contributed by atoms with E-state index in [-0.39, 0.29) is 5.91 Å². The van der Waals surface area contributed by atoms with Gasteiger partial charge in [-0.05, 0) is 34.2 Å². The third kappa shape index (κ3) is 3.15. The molecular formula is C11H14IN3O. The minimum atomic E-state index is 0.199. The van der Waals surface area contributed by atoms with Crippen LogP contribution in [0.25, 0.3) is 0 Å². The number of carbonyl (C=O) groups is 1. The summed E-state index contributed by atoms with van der Waals surface area (Å²) in [5.74, 6) is 0.199. The highest BCUT2D eigenvalue weighted by Crippen LogP contribution is 2.06. The number of halogens is 1. The first kappa shape index (κ1) is 11.8. The van der Waals surface area contributed by atoms with Crippen molar-refractivity contribution in [2.75, 3.05) is 26.2 Å². The molecule has 1 saturated heterocycles. The van der Waals surface area contributed by atoms with Crippen LogP contribution in [0.3, 0.4) is 0 Å². The van der Waals surface area contributed by atoms with Crippen molar-refractivity contribution < 1.29 is 4.79 Å². The van der Waals surface area contributed by atoms with Crippen molar-refractivity contribution in [2.24, 2.45) is 0 Å². The molecule has 86 valence electrons. The van der Waals surface area contributed by atoms with E-state index < -0.39 is 0 Å². The lowest BCUT2D eigenvalue weighted by Gasteiger charge is -2.27. The third-order valence-corrected chi connectivity index (χ3v) is 3.25. The number of pyridine rings is 1. The zero-order valence-electron chi connectivity index (χ0n) is 8.95. The second-order valence-corrected chi connectivity index (χ2v) is 4.90. The van der Waals surface area contributed by atoms with E-state index in [1.54, 1.807) is 6.20 Å². The van der Waals surface area contributed by atoms with Crippen molar-refractivity contribution >= 4 is 28.5 Å². The molecule has 1 N–H and O–H groups in total. The number of rotatable bonds is 2. The number of piperazine rings is 1. The molecule has 2 rings (SSSR count). The Morgan fingerprint density at radius 3 is 2.81 bits per heavy atom. The number of nitrogens with zero attached hydrogens (tertiary/aromatic N) is 2. The first-order valence-electron chi connectivity index (χ1n) is 5.34. The van der Waals surface area contributed by atoms with Crippen LogP contribution in [0, 0.1) is 3.70 Å². The fourth-order valence-corrected chi connectivity index (χ4v) is 2.03. The third-order valence-electron chi connectivity index (χ3n) is 2.61. The second kappa shape index (κ2) is 5.58. The molecule has 1 aliphatic rings. The Morgan fingerprint density at radius 2 is 2.19 bits per heavy atom. The van der Waals surface area contributed by atoms with Gasteiger partial charge in [-0.1, -0.05) is 6.07 Å². The van der Waals surface area contributed by atoms with Gasteiger partial charge in [0.2, 0.25) is 5.91 Å². The summed E-state index contributed by atoms with van der Waals surface area (Å²) in [7, 11) is 0. The maximum absolute atomic E-state index is 11.9. The van der Waals surface area contributed by atoms with Crippen molar-refractivity contribution in [2.45, 2.75) is 6.42 Å². The molecule has 0 radical (unpaired) electrons. The fraction of sp³-hybridized carbons (Fsp3) is 0.455. The molecule has 1 fully saturated rings. The van der Waals surface area contributed by atoms with E-state index in [0.717, 1.165) is 35.4 Å². The van der Waals surface area contributed by atoms with E-state index in [0.29, 0.717) is 6.42 Å². The van der Waals surface area contributed by atoms with E-state index in [2.05, 4.69) is 32.9 Å². The summed E-state index contributed by atoms with van der Waals surface area (Å²) in [4.78, 5) is 18.0. The lowest BCUT2D eigenvalue weighted by molar-refractivity contribution is -0.131. The van der Waals surface area contributed by atoms with E-state index in [4.69, 9.17) is 0 Å². The molecule has 0 unspecified atom stereocenters. The highest BCUT2D eigenvalue weighted by molar-refractivity contribution is 14.1. The van der Waals surface area contributed by atoms with Gasteiger partial charge in [-0.25, -0.2) is 0 Å². The average Bonchev–Trinajstić information content (AvgIpc) is 2.33. The van der Waals surface area contributed by atoms with Crippen LogP contribution in [-0.4, -0.2) is 42.0 Å². The summed E-state index contributed by atoms with van der Waals surface area (Å²) in [5.41, 5.74) is 0.990. The number of amides is 1. The maximum atomic E-state index is 11.9. The summed E-state index contributed by atoms with van der Waals surface area (Å²) < 4.78 is 0.955. The molecule has 1 aromatic heterocycles. The molecule has 5 heteroatoms. The second-order valence-electron chi connectivity index (χ2n) is 3.80. The number of nitrogens with one attached hydrogen (secondary N) is 1. The van der Waals surface area contributed by atoms with Gasteiger partial charge in [0.25, 0.3) is 0 Å². The van der Waals surface area contributed by atoms with Crippen LogP contribution in [0.4, 0.5) is 0 Å². The summed E-state index contributed by atoms with van der Waals surface area (Å²) in [6, 6.07) is 3.90. The molecule has 4 nitrogen and oxygen atoms in total. The van der Waals surface area contributed by atoms with Gasteiger partial charge in [0, 0.05) is 32.4 Å². The topological polar surface area (TPSA) is 45.2 Å². The Labute approximate surface area is 109 Å². The molecule has 0 bridgehead atoms. The first-order valence-corrected chi connectivity index (χ1v) is 6.42. The first-order chi connectivity index (χ1) is 7.75. The van der Waals surface area contributed by atoms with Gasteiger partial charge in [-0.3, -0.25) is 9.78 Å². The predicted molar refractivity (Wildman–Crippen MR) is 70.1 cm³/mol. The Morgan fingerprint density at radius 1 is 1.44 bits per heavy atom. The van der Waals surface area contributed by atoms with E-state index in [1.807, 2.05) is 17.0 Å². The highest BCUT2D eigenvalue weighted by Gasteiger charge is 2.16. The van der Waals surface area contributed by atoms with Crippen molar-refractivity contribution in [1.82, 2.24) is 15.2 Å². The van der Waals surface area contributed by atoms with Gasteiger partial charge in [0.15, 0.2) is 0 Å². The van der Waals surface area contributed by atoms with Crippen molar-refractivity contribution in [3.8, 4) is 0 Å². The number of hydrogen-bond donors (Lipinski definition) is 1. The van der Waals surface area contributed by atoms with Gasteiger partial charge in [0.05, 0.1) is 6.42 Å². The largest absolute Gasteiger partial charge is 0.340 e. The van der Waals surface area contributed by atoms with Gasteiger partial charge in [-0.2, -0.15) is 0 Å². The normalized spacial score (nSPS) is 16.2. The number of carbonyl (C=O) groups excluding carboxylic acids is 1. The molecular weight excluding hydrogens is 317 g/mol. The molecule has 1 aliphatic heterocycles. The standard InChI is InChI=1S/C11H14IN3O/c12-10-2-1-9(8-14-10)7-11(16)15-5-3-13-4-6-15/h1-2,8,13H,3-7H2. The zero-order valence-corrected chi connectivity index (χ0v) is 11.1. The molecule has 0 aromatic carbocycles. The Bertz CT molecular complexity index is 360. The lowest BCUT2D eigenvalue weighted by Crippen LogP contribution is -2.46. The predicted octanol–water partition coefficient (Wildman–Crippen LogP) is 0.661. The number of hydrogen-bond acceptors (Lipinski definition) is 3. The zero-order chi connectivity index (χ0) is 11.4. The summed E-state index contributed by atoms with van der Waals surface area (Å²) in [6.07, 6.45) is 2.24. The highest BCUT2D eigenvalue weighted by atomic mass is 127. The monoisotopic (exact) mass is 331 g/mol. The van der Waals surface area contributed by atoms with Crippen LogP contribution in [0.2, 0.25) is 0 Å². The summed E-state index contributed by atoms with van der Waals surface area (Å²) in [5, 5.41) is 3.23. The van der Waals surface area contributed by atoms with Crippen LogP contribution in [0.1, 0.15) is 5.56 Å². The van der Waals surface area contributed by atoms with E-state index in [9.17, 15) is 4.79 Å².